The lowest BCUT2D eigenvalue weighted by molar-refractivity contribution is 0.00488. The van der Waals surface area contributed by atoms with Crippen molar-refractivity contribution in [3.05, 3.63) is 23.9 Å². The van der Waals surface area contributed by atoms with Crippen LogP contribution in [0.4, 0.5) is 5.95 Å². The Bertz CT molecular complexity index is 599. The third-order valence-corrected chi connectivity index (χ3v) is 4.33. The first-order valence-corrected chi connectivity index (χ1v) is 7.34. The maximum absolute atomic E-state index is 10.6. The summed E-state index contributed by atoms with van der Waals surface area (Å²) in [5.41, 5.74) is 1.27. The number of aliphatic hydroxyl groups is 1. The van der Waals surface area contributed by atoms with Crippen molar-refractivity contribution >= 4 is 11.6 Å². The van der Waals surface area contributed by atoms with Gasteiger partial charge in [0.1, 0.15) is 0 Å². The van der Waals surface area contributed by atoms with Crippen molar-refractivity contribution in [2.45, 2.75) is 45.1 Å². The highest BCUT2D eigenvalue weighted by Gasteiger charge is 2.31. The fraction of sp³-hybridized carbons (Fsp3) is 0.600. The van der Waals surface area contributed by atoms with Crippen molar-refractivity contribution in [1.29, 1.82) is 0 Å². The van der Waals surface area contributed by atoms with E-state index in [0.717, 1.165) is 42.9 Å². The van der Waals surface area contributed by atoms with Crippen LogP contribution in [0.15, 0.2) is 18.2 Å². The fourth-order valence-electron chi connectivity index (χ4n) is 2.83. The van der Waals surface area contributed by atoms with Gasteiger partial charge in [0, 0.05) is 12.2 Å². The number of nitrogens with one attached hydrogen (secondary N) is 1. The first-order chi connectivity index (χ1) is 9.56. The van der Waals surface area contributed by atoms with E-state index in [0.29, 0.717) is 12.5 Å². The zero-order chi connectivity index (χ0) is 14.2. The van der Waals surface area contributed by atoms with Crippen LogP contribution in [0.25, 0.3) is 5.65 Å². The molecule has 0 unspecified atom stereocenters. The predicted molar refractivity (Wildman–Crippen MR) is 78.8 cm³/mol. The molecular formula is C15H22N4O. The van der Waals surface area contributed by atoms with E-state index < -0.39 is 5.60 Å². The van der Waals surface area contributed by atoms with Crippen LogP contribution in [-0.4, -0.2) is 31.9 Å². The molecule has 2 heterocycles. The van der Waals surface area contributed by atoms with Crippen molar-refractivity contribution in [3.63, 3.8) is 0 Å². The van der Waals surface area contributed by atoms with Gasteiger partial charge in [-0.1, -0.05) is 13.0 Å². The number of rotatable bonds is 3. The summed E-state index contributed by atoms with van der Waals surface area (Å²) >= 11 is 0. The molecule has 1 fully saturated rings. The quantitative estimate of drug-likeness (QED) is 0.902. The Hall–Kier alpha value is -1.62. The van der Waals surface area contributed by atoms with E-state index in [2.05, 4.69) is 22.3 Å². The summed E-state index contributed by atoms with van der Waals surface area (Å²) in [5.74, 6) is 1.32. The molecule has 1 aliphatic rings. The summed E-state index contributed by atoms with van der Waals surface area (Å²) in [4.78, 5) is 4.43. The molecule has 5 nitrogen and oxygen atoms in total. The Balaban J connectivity index is 1.69. The summed E-state index contributed by atoms with van der Waals surface area (Å²) in [6.07, 6.45) is 3.90. The molecule has 0 amide bonds. The fourth-order valence-corrected chi connectivity index (χ4v) is 2.83. The lowest BCUT2D eigenvalue weighted by Gasteiger charge is -2.34. The monoisotopic (exact) mass is 274 g/mol. The van der Waals surface area contributed by atoms with Crippen LogP contribution in [0.2, 0.25) is 0 Å². The second-order valence-electron chi connectivity index (χ2n) is 6.13. The van der Waals surface area contributed by atoms with Crippen molar-refractivity contribution in [3.8, 4) is 0 Å². The zero-order valence-corrected chi connectivity index (χ0v) is 12.1. The minimum absolute atomic E-state index is 0.523. The number of pyridine rings is 1. The molecule has 3 rings (SSSR count). The lowest BCUT2D eigenvalue weighted by atomic mass is 9.79. The SMILES string of the molecule is Cc1cccc2nc(NCC3(O)CCC(C)CC3)nn12. The van der Waals surface area contributed by atoms with E-state index in [1.165, 1.54) is 0 Å². The van der Waals surface area contributed by atoms with E-state index in [1.807, 2.05) is 29.6 Å². The first-order valence-electron chi connectivity index (χ1n) is 7.34. The number of hydrogen-bond acceptors (Lipinski definition) is 4. The number of hydrogen-bond donors (Lipinski definition) is 2. The molecule has 0 bridgehead atoms. The lowest BCUT2D eigenvalue weighted by Crippen LogP contribution is -2.40. The van der Waals surface area contributed by atoms with E-state index >= 15 is 0 Å². The number of aromatic nitrogens is 3. The average Bonchev–Trinajstić information content (AvgIpc) is 2.85. The third kappa shape index (κ3) is 2.63. The number of anilines is 1. The van der Waals surface area contributed by atoms with Crippen LogP contribution < -0.4 is 5.32 Å². The maximum Gasteiger partial charge on any atom is 0.243 e. The summed E-state index contributed by atoms with van der Waals surface area (Å²) in [6.45, 7) is 4.77. The molecule has 0 saturated heterocycles. The predicted octanol–water partition coefficient (Wildman–Crippen LogP) is 2.39. The highest BCUT2D eigenvalue weighted by molar-refractivity contribution is 5.44. The van der Waals surface area contributed by atoms with E-state index in [4.69, 9.17) is 0 Å². The third-order valence-electron chi connectivity index (χ3n) is 4.33. The van der Waals surface area contributed by atoms with Gasteiger partial charge in [0.25, 0.3) is 0 Å². The van der Waals surface area contributed by atoms with Crippen LogP contribution >= 0.6 is 0 Å². The molecule has 2 N–H and O–H groups in total. The van der Waals surface area contributed by atoms with Crippen molar-refractivity contribution in [2.24, 2.45) is 5.92 Å². The molecule has 1 aliphatic carbocycles. The summed E-state index contributed by atoms with van der Waals surface area (Å²) in [7, 11) is 0. The van der Waals surface area contributed by atoms with Gasteiger partial charge >= 0.3 is 0 Å². The maximum atomic E-state index is 10.6. The molecule has 0 spiro atoms. The van der Waals surface area contributed by atoms with Crippen molar-refractivity contribution < 1.29 is 5.11 Å². The largest absolute Gasteiger partial charge is 0.388 e. The zero-order valence-electron chi connectivity index (χ0n) is 12.1. The van der Waals surface area contributed by atoms with Crippen LogP contribution in [0.3, 0.4) is 0 Å². The minimum atomic E-state index is -0.612. The Labute approximate surface area is 119 Å². The molecule has 0 radical (unpaired) electrons. The molecule has 0 aromatic carbocycles. The van der Waals surface area contributed by atoms with Gasteiger partial charge in [-0.05, 0) is 50.7 Å². The smallest absolute Gasteiger partial charge is 0.243 e. The molecule has 20 heavy (non-hydrogen) atoms. The van der Waals surface area contributed by atoms with Gasteiger partial charge in [-0.2, -0.15) is 4.98 Å². The Morgan fingerprint density at radius 2 is 2.15 bits per heavy atom. The second kappa shape index (κ2) is 5.05. The van der Waals surface area contributed by atoms with Gasteiger partial charge in [0.2, 0.25) is 5.95 Å². The number of nitrogens with zero attached hydrogens (tertiary/aromatic N) is 3. The van der Waals surface area contributed by atoms with Gasteiger partial charge in [0.05, 0.1) is 5.60 Å². The molecule has 108 valence electrons. The van der Waals surface area contributed by atoms with Crippen LogP contribution in [0.5, 0.6) is 0 Å². The van der Waals surface area contributed by atoms with Gasteiger partial charge < -0.3 is 10.4 Å². The normalized spacial score (nSPS) is 26.9. The number of aryl methyl sites for hydroxylation is 1. The van der Waals surface area contributed by atoms with Crippen molar-refractivity contribution in [2.75, 3.05) is 11.9 Å². The molecule has 0 aliphatic heterocycles. The second-order valence-corrected chi connectivity index (χ2v) is 6.13. The Kier molecular flexibility index (Phi) is 3.38. The highest BCUT2D eigenvalue weighted by Crippen LogP contribution is 2.31. The molecular weight excluding hydrogens is 252 g/mol. The summed E-state index contributed by atoms with van der Waals surface area (Å²) in [6, 6.07) is 5.91. The first kappa shape index (κ1) is 13.4. The molecule has 2 aromatic heterocycles. The highest BCUT2D eigenvalue weighted by atomic mass is 16.3. The molecule has 5 heteroatoms. The molecule has 2 aromatic rings. The van der Waals surface area contributed by atoms with Crippen LogP contribution in [0.1, 0.15) is 38.3 Å². The Morgan fingerprint density at radius 3 is 2.85 bits per heavy atom. The molecule has 0 atom stereocenters. The van der Waals surface area contributed by atoms with Gasteiger partial charge in [-0.25, -0.2) is 4.52 Å². The molecule has 1 saturated carbocycles. The van der Waals surface area contributed by atoms with E-state index in [1.54, 1.807) is 0 Å². The van der Waals surface area contributed by atoms with Crippen LogP contribution in [0, 0.1) is 12.8 Å². The van der Waals surface area contributed by atoms with Gasteiger partial charge in [0.15, 0.2) is 5.65 Å². The topological polar surface area (TPSA) is 62.5 Å². The van der Waals surface area contributed by atoms with E-state index in [-0.39, 0.29) is 0 Å². The van der Waals surface area contributed by atoms with Crippen molar-refractivity contribution in [1.82, 2.24) is 14.6 Å². The summed E-state index contributed by atoms with van der Waals surface area (Å²) in [5, 5.41) is 18.2. The summed E-state index contributed by atoms with van der Waals surface area (Å²) < 4.78 is 1.81. The van der Waals surface area contributed by atoms with E-state index in [9.17, 15) is 5.11 Å². The Morgan fingerprint density at radius 1 is 1.40 bits per heavy atom. The number of fused-ring (bicyclic) bond motifs is 1. The minimum Gasteiger partial charge on any atom is -0.388 e. The van der Waals surface area contributed by atoms with Gasteiger partial charge in [-0.15, -0.1) is 5.10 Å². The van der Waals surface area contributed by atoms with Gasteiger partial charge in [-0.3, -0.25) is 0 Å². The standard InChI is InChI=1S/C15H22N4O/c1-11-6-8-15(20,9-7-11)10-16-14-17-13-5-3-4-12(2)19(13)18-14/h3-5,11,20H,6-10H2,1-2H3,(H,16,18). The average molecular weight is 274 g/mol. The van der Waals surface area contributed by atoms with Crippen LogP contribution in [-0.2, 0) is 0 Å².